The molecule has 0 fully saturated rings. The fourth-order valence-electron chi connectivity index (χ4n) is 2.28. The number of aromatic nitrogens is 2. The van der Waals surface area contributed by atoms with Gasteiger partial charge in [0.05, 0.1) is 6.10 Å². The zero-order chi connectivity index (χ0) is 18.0. The second-order valence-electron chi connectivity index (χ2n) is 5.07. The van der Waals surface area contributed by atoms with Crippen molar-refractivity contribution < 1.29 is 5.11 Å². The Hall–Kier alpha value is -2.27. The fraction of sp³-hybridized carbons (Fsp3) is 0.267. The van der Waals surface area contributed by atoms with E-state index < -0.39 is 17.4 Å². The number of aliphatic hydroxyl groups excluding tert-OH is 1. The van der Waals surface area contributed by atoms with Gasteiger partial charge in [-0.05, 0) is 12.1 Å². The van der Waals surface area contributed by atoms with Crippen LogP contribution in [0.4, 0.5) is 5.82 Å². The lowest BCUT2D eigenvalue weighted by Crippen LogP contribution is -2.40. The van der Waals surface area contributed by atoms with Gasteiger partial charge in [-0.2, -0.15) is 5.26 Å². The molecule has 0 saturated carbocycles. The van der Waals surface area contributed by atoms with E-state index in [1.165, 1.54) is 14.1 Å². The molecule has 0 bridgehead atoms. The standard InChI is InChI=1S/C15H14Cl2N4O3/c1-20-13(8(6-18)14(23)21(2)15(20)24)19-7-11(22)12-9(16)4-3-5-10(12)17/h3-5,11,19,22H,7H2,1-2H3. The summed E-state index contributed by atoms with van der Waals surface area (Å²) in [7, 11) is 2.70. The van der Waals surface area contributed by atoms with E-state index >= 15 is 0 Å². The first-order valence-corrected chi connectivity index (χ1v) is 7.61. The summed E-state index contributed by atoms with van der Waals surface area (Å²) in [4.78, 5) is 24.0. The Kier molecular flexibility index (Phi) is 5.34. The van der Waals surface area contributed by atoms with Crippen molar-refractivity contribution >= 4 is 29.0 Å². The van der Waals surface area contributed by atoms with Crippen LogP contribution in [0.15, 0.2) is 27.8 Å². The van der Waals surface area contributed by atoms with E-state index in [1.54, 1.807) is 24.3 Å². The van der Waals surface area contributed by atoms with Crippen molar-refractivity contribution in [3.63, 3.8) is 0 Å². The molecule has 1 atom stereocenters. The summed E-state index contributed by atoms with van der Waals surface area (Å²) in [6.07, 6.45) is -1.10. The largest absolute Gasteiger partial charge is 0.386 e. The van der Waals surface area contributed by atoms with Crippen molar-refractivity contribution in [1.29, 1.82) is 5.26 Å². The highest BCUT2D eigenvalue weighted by Gasteiger charge is 2.19. The Balaban J connectivity index is 2.39. The molecule has 0 aliphatic carbocycles. The third kappa shape index (κ3) is 3.17. The van der Waals surface area contributed by atoms with E-state index in [0.29, 0.717) is 5.56 Å². The molecule has 0 aliphatic heterocycles. The number of aliphatic hydroxyl groups is 1. The molecule has 1 aromatic carbocycles. The third-order valence-corrected chi connectivity index (χ3v) is 4.23. The predicted molar refractivity (Wildman–Crippen MR) is 91.6 cm³/mol. The van der Waals surface area contributed by atoms with Gasteiger partial charge in [0, 0.05) is 36.2 Å². The van der Waals surface area contributed by atoms with Crippen LogP contribution in [0.2, 0.25) is 10.0 Å². The number of nitrogens with one attached hydrogen (secondary N) is 1. The Morgan fingerprint density at radius 1 is 1.25 bits per heavy atom. The second-order valence-corrected chi connectivity index (χ2v) is 5.89. The average Bonchev–Trinajstić information content (AvgIpc) is 2.54. The monoisotopic (exact) mass is 368 g/mol. The van der Waals surface area contributed by atoms with Crippen LogP contribution >= 0.6 is 23.2 Å². The molecule has 1 unspecified atom stereocenters. The van der Waals surface area contributed by atoms with Crippen molar-refractivity contribution in [3.05, 3.63) is 60.2 Å². The maximum Gasteiger partial charge on any atom is 0.332 e. The van der Waals surface area contributed by atoms with Crippen LogP contribution in [-0.2, 0) is 14.1 Å². The minimum atomic E-state index is -1.10. The molecule has 0 aliphatic rings. The molecule has 0 amide bonds. The zero-order valence-electron chi connectivity index (χ0n) is 12.9. The molecule has 1 aromatic heterocycles. The third-order valence-electron chi connectivity index (χ3n) is 3.57. The van der Waals surface area contributed by atoms with Crippen molar-refractivity contribution in [2.24, 2.45) is 14.1 Å². The lowest BCUT2D eigenvalue weighted by atomic mass is 10.1. The van der Waals surface area contributed by atoms with Crippen LogP contribution in [0.1, 0.15) is 17.2 Å². The Morgan fingerprint density at radius 3 is 2.38 bits per heavy atom. The van der Waals surface area contributed by atoms with Crippen LogP contribution in [0.3, 0.4) is 0 Å². The SMILES string of the molecule is Cn1c(NCC(O)c2c(Cl)cccc2Cl)c(C#N)c(=O)n(C)c1=O. The van der Waals surface area contributed by atoms with Gasteiger partial charge in [-0.15, -0.1) is 0 Å². The summed E-state index contributed by atoms with van der Waals surface area (Å²) in [6, 6.07) is 6.58. The summed E-state index contributed by atoms with van der Waals surface area (Å²) >= 11 is 12.1. The van der Waals surface area contributed by atoms with Gasteiger partial charge in [-0.3, -0.25) is 13.9 Å². The van der Waals surface area contributed by atoms with Crippen molar-refractivity contribution in [3.8, 4) is 6.07 Å². The molecule has 126 valence electrons. The molecular weight excluding hydrogens is 355 g/mol. The minimum absolute atomic E-state index is 0.0211. The first kappa shape index (κ1) is 18.1. The summed E-state index contributed by atoms with van der Waals surface area (Å²) in [6.45, 7) is -0.0986. The molecular formula is C15H14Cl2N4O3. The van der Waals surface area contributed by atoms with E-state index in [0.717, 1.165) is 9.13 Å². The van der Waals surface area contributed by atoms with E-state index in [2.05, 4.69) is 5.32 Å². The molecule has 2 N–H and O–H groups in total. The van der Waals surface area contributed by atoms with E-state index in [4.69, 9.17) is 23.2 Å². The van der Waals surface area contributed by atoms with Crippen LogP contribution in [0, 0.1) is 11.3 Å². The van der Waals surface area contributed by atoms with E-state index in [1.807, 2.05) is 0 Å². The van der Waals surface area contributed by atoms with Crippen LogP contribution < -0.4 is 16.6 Å². The molecule has 0 radical (unpaired) electrons. The first-order chi connectivity index (χ1) is 11.3. The molecule has 24 heavy (non-hydrogen) atoms. The Morgan fingerprint density at radius 2 is 1.83 bits per heavy atom. The molecule has 7 nitrogen and oxygen atoms in total. The normalized spacial score (nSPS) is 11.8. The number of nitrogens with zero attached hydrogens (tertiary/aromatic N) is 3. The molecule has 2 aromatic rings. The number of hydrogen-bond acceptors (Lipinski definition) is 5. The van der Waals surface area contributed by atoms with Gasteiger partial charge < -0.3 is 10.4 Å². The summed E-state index contributed by atoms with van der Waals surface area (Å²) < 4.78 is 1.96. The van der Waals surface area contributed by atoms with Crippen molar-refractivity contribution in [1.82, 2.24) is 9.13 Å². The second kappa shape index (κ2) is 7.09. The quantitative estimate of drug-likeness (QED) is 0.849. The van der Waals surface area contributed by atoms with Gasteiger partial charge in [0.1, 0.15) is 11.9 Å². The lowest BCUT2D eigenvalue weighted by Gasteiger charge is -2.18. The predicted octanol–water partition coefficient (Wildman–Crippen LogP) is 1.41. The number of rotatable bonds is 4. The molecule has 2 rings (SSSR count). The summed E-state index contributed by atoms with van der Waals surface area (Å²) in [5.74, 6) is 0.0211. The maximum absolute atomic E-state index is 12.0. The number of benzene rings is 1. The van der Waals surface area contributed by atoms with Crippen LogP contribution in [-0.4, -0.2) is 20.8 Å². The van der Waals surface area contributed by atoms with Crippen molar-refractivity contribution in [2.75, 3.05) is 11.9 Å². The highest BCUT2D eigenvalue weighted by Crippen LogP contribution is 2.30. The van der Waals surface area contributed by atoms with Gasteiger partial charge in [0.2, 0.25) is 0 Å². The summed E-state index contributed by atoms with van der Waals surface area (Å²) in [5, 5.41) is 22.8. The number of nitriles is 1. The Labute approximate surface area is 147 Å². The van der Waals surface area contributed by atoms with Gasteiger partial charge in [-0.1, -0.05) is 29.3 Å². The van der Waals surface area contributed by atoms with Gasteiger partial charge in [0.15, 0.2) is 5.56 Å². The summed E-state index contributed by atoms with van der Waals surface area (Å²) in [5.41, 5.74) is -1.21. The molecule has 0 spiro atoms. The van der Waals surface area contributed by atoms with Gasteiger partial charge >= 0.3 is 5.69 Å². The lowest BCUT2D eigenvalue weighted by molar-refractivity contribution is 0.191. The first-order valence-electron chi connectivity index (χ1n) is 6.85. The highest BCUT2D eigenvalue weighted by molar-refractivity contribution is 6.36. The molecule has 1 heterocycles. The van der Waals surface area contributed by atoms with Crippen LogP contribution in [0.25, 0.3) is 0 Å². The van der Waals surface area contributed by atoms with Crippen molar-refractivity contribution in [2.45, 2.75) is 6.10 Å². The smallest absolute Gasteiger partial charge is 0.332 e. The minimum Gasteiger partial charge on any atom is -0.386 e. The highest BCUT2D eigenvalue weighted by atomic mass is 35.5. The number of anilines is 1. The molecule has 0 saturated heterocycles. The number of halogens is 2. The van der Waals surface area contributed by atoms with Crippen LogP contribution in [0.5, 0.6) is 0 Å². The molecule has 9 heteroatoms. The van der Waals surface area contributed by atoms with Gasteiger partial charge in [-0.25, -0.2) is 4.79 Å². The average molecular weight is 369 g/mol. The fourth-order valence-corrected chi connectivity index (χ4v) is 2.93. The van der Waals surface area contributed by atoms with E-state index in [9.17, 15) is 20.0 Å². The Bertz CT molecular complexity index is 923. The van der Waals surface area contributed by atoms with E-state index in [-0.39, 0.29) is 28.0 Å². The number of hydrogen-bond donors (Lipinski definition) is 2. The maximum atomic E-state index is 12.0. The topological polar surface area (TPSA) is 100 Å². The zero-order valence-corrected chi connectivity index (χ0v) is 14.4. The van der Waals surface area contributed by atoms with Gasteiger partial charge in [0.25, 0.3) is 5.56 Å².